The molecular weight excluding hydrogens is 327 g/mol. The molecule has 0 radical (unpaired) electrons. The number of hydrogen-bond acceptors (Lipinski definition) is 2. The third kappa shape index (κ3) is 3.42. The largest absolute Gasteiger partial charge is 0.481 e. The zero-order valence-corrected chi connectivity index (χ0v) is 12.7. The average Bonchev–Trinajstić information content (AvgIpc) is 2.77. The van der Waals surface area contributed by atoms with Gasteiger partial charge in [0, 0.05) is 4.88 Å². The van der Waals surface area contributed by atoms with Crippen molar-refractivity contribution in [3.05, 3.63) is 55.2 Å². The van der Waals surface area contributed by atoms with Crippen LogP contribution in [0.25, 0.3) is 0 Å². The van der Waals surface area contributed by atoms with Gasteiger partial charge in [0.2, 0.25) is 0 Å². The van der Waals surface area contributed by atoms with E-state index in [1.165, 1.54) is 11.3 Å². The van der Waals surface area contributed by atoms with Crippen molar-refractivity contribution in [2.45, 2.75) is 12.3 Å². The SMILES string of the molecule is O=C(O)C(Cc1cccc(Cl)c1Cl)c1ccc(Cl)s1. The number of benzene rings is 1. The molecule has 0 spiro atoms. The highest BCUT2D eigenvalue weighted by atomic mass is 35.5. The maximum atomic E-state index is 11.4. The quantitative estimate of drug-likeness (QED) is 0.842. The molecule has 0 aliphatic rings. The van der Waals surface area contributed by atoms with Crippen LogP contribution in [0.15, 0.2) is 30.3 Å². The molecule has 1 atom stereocenters. The Morgan fingerprint density at radius 1 is 1.21 bits per heavy atom. The van der Waals surface area contributed by atoms with E-state index in [1.807, 2.05) is 0 Å². The predicted octanol–water partition coefficient (Wildman–Crippen LogP) is 5.12. The van der Waals surface area contributed by atoms with E-state index in [0.29, 0.717) is 24.8 Å². The summed E-state index contributed by atoms with van der Waals surface area (Å²) in [5.41, 5.74) is 0.714. The molecule has 2 rings (SSSR count). The summed E-state index contributed by atoms with van der Waals surface area (Å²) in [6.07, 6.45) is 0.283. The van der Waals surface area contributed by atoms with Crippen molar-refractivity contribution in [2.75, 3.05) is 0 Å². The normalized spacial score (nSPS) is 12.4. The Balaban J connectivity index is 2.32. The summed E-state index contributed by atoms with van der Waals surface area (Å²) in [6, 6.07) is 8.62. The van der Waals surface area contributed by atoms with Gasteiger partial charge in [-0.1, -0.05) is 46.9 Å². The minimum absolute atomic E-state index is 0.283. The Morgan fingerprint density at radius 2 is 1.95 bits per heavy atom. The molecule has 0 bridgehead atoms. The maximum Gasteiger partial charge on any atom is 0.312 e. The van der Waals surface area contributed by atoms with Crippen LogP contribution in [0.3, 0.4) is 0 Å². The van der Waals surface area contributed by atoms with Crippen molar-refractivity contribution in [1.29, 1.82) is 0 Å². The van der Waals surface area contributed by atoms with Gasteiger partial charge in [-0.05, 0) is 30.2 Å². The summed E-state index contributed by atoms with van der Waals surface area (Å²) in [6.45, 7) is 0. The van der Waals surface area contributed by atoms with Crippen LogP contribution in [0.5, 0.6) is 0 Å². The van der Waals surface area contributed by atoms with Crippen molar-refractivity contribution in [1.82, 2.24) is 0 Å². The van der Waals surface area contributed by atoms with E-state index in [2.05, 4.69) is 0 Å². The lowest BCUT2D eigenvalue weighted by molar-refractivity contribution is -0.138. The van der Waals surface area contributed by atoms with E-state index in [-0.39, 0.29) is 6.42 Å². The zero-order valence-electron chi connectivity index (χ0n) is 9.57. The first kappa shape index (κ1) is 14.7. The topological polar surface area (TPSA) is 37.3 Å². The molecule has 0 saturated heterocycles. The Labute approximate surface area is 129 Å². The van der Waals surface area contributed by atoms with Crippen LogP contribution in [-0.4, -0.2) is 11.1 Å². The summed E-state index contributed by atoms with van der Waals surface area (Å²) in [7, 11) is 0. The number of carboxylic acid groups (broad SMARTS) is 1. The molecular formula is C13H9Cl3O2S. The first-order chi connectivity index (χ1) is 8.99. The summed E-state index contributed by atoms with van der Waals surface area (Å²) in [5.74, 6) is -1.58. The maximum absolute atomic E-state index is 11.4. The third-order valence-corrected chi connectivity index (χ3v) is 4.89. The van der Waals surface area contributed by atoms with E-state index in [1.54, 1.807) is 30.3 Å². The molecule has 2 aromatic rings. The van der Waals surface area contributed by atoms with Crippen LogP contribution in [-0.2, 0) is 11.2 Å². The van der Waals surface area contributed by atoms with Gasteiger partial charge in [0.1, 0.15) is 0 Å². The monoisotopic (exact) mass is 334 g/mol. The second-order valence-corrected chi connectivity index (χ2v) is 6.48. The average molecular weight is 336 g/mol. The smallest absolute Gasteiger partial charge is 0.312 e. The summed E-state index contributed by atoms with van der Waals surface area (Å²) < 4.78 is 0.568. The van der Waals surface area contributed by atoms with Crippen molar-refractivity contribution < 1.29 is 9.90 Å². The number of rotatable bonds is 4. The van der Waals surface area contributed by atoms with E-state index >= 15 is 0 Å². The molecule has 1 heterocycles. The Morgan fingerprint density at radius 3 is 2.53 bits per heavy atom. The summed E-state index contributed by atoms with van der Waals surface area (Å²) in [4.78, 5) is 12.1. The van der Waals surface area contributed by atoms with Crippen molar-refractivity contribution >= 4 is 52.1 Å². The molecule has 0 amide bonds. The van der Waals surface area contributed by atoms with E-state index in [9.17, 15) is 9.90 Å². The lowest BCUT2D eigenvalue weighted by Gasteiger charge is -2.12. The lowest BCUT2D eigenvalue weighted by atomic mass is 9.98. The zero-order chi connectivity index (χ0) is 14.0. The van der Waals surface area contributed by atoms with Crippen LogP contribution in [0.4, 0.5) is 0 Å². The fraction of sp³-hybridized carbons (Fsp3) is 0.154. The molecule has 100 valence electrons. The number of halogens is 3. The molecule has 1 aromatic carbocycles. The van der Waals surface area contributed by atoms with Crippen molar-refractivity contribution in [3.8, 4) is 0 Å². The van der Waals surface area contributed by atoms with Gasteiger partial charge in [0.25, 0.3) is 0 Å². The van der Waals surface area contributed by atoms with E-state index in [0.717, 1.165) is 0 Å². The highest BCUT2D eigenvalue weighted by molar-refractivity contribution is 7.16. The van der Waals surface area contributed by atoms with Gasteiger partial charge >= 0.3 is 5.97 Å². The summed E-state index contributed by atoms with van der Waals surface area (Å²) >= 11 is 19.1. The first-order valence-electron chi connectivity index (χ1n) is 5.40. The highest BCUT2D eigenvalue weighted by Crippen LogP contribution is 2.34. The van der Waals surface area contributed by atoms with Gasteiger partial charge in [-0.3, -0.25) is 4.79 Å². The third-order valence-electron chi connectivity index (χ3n) is 2.69. The van der Waals surface area contributed by atoms with Gasteiger partial charge in [-0.15, -0.1) is 11.3 Å². The molecule has 1 aromatic heterocycles. The van der Waals surface area contributed by atoms with Gasteiger partial charge in [-0.2, -0.15) is 0 Å². The molecule has 0 aliphatic heterocycles. The van der Waals surface area contributed by atoms with E-state index < -0.39 is 11.9 Å². The lowest BCUT2D eigenvalue weighted by Crippen LogP contribution is -2.13. The number of aliphatic carboxylic acids is 1. The highest BCUT2D eigenvalue weighted by Gasteiger charge is 2.23. The van der Waals surface area contributed by atoms with Gasteiger partial charge in [-0.25, -0.2) is 0 Å². The Hall–Kier alpha value is -0.740. The molecule has 1 N–H and O–H groups in total. The molecule has 2 nitrogen and oxygen atoms in total. The minimum Gasteiger partial charge on any atom is -0.481 e. The molecule has 0 fully saturated rings. The Bertz CT molecular complexity index is 610. The fourth-order valence-corrected chi connectivity index (χ4v) is 3.30. The van der Waals surface area contributed by atoms with Gasteiger partial charge < -0.3 is 5.11 Å². The molecule has 0 aliphatic carbocycles. The van der Waals surface area contributed by atoms with Crippen molar-refractivity contribution in [3.63, 3.8) is 0 Å². The van der Waals surface area contributed by atoms with Crippen LogP contribution >= 0.6 is 46.1 Å². The predicted molar refractivity (Wildman–Crippen MR) is 79.9 cm³/mol. The molecule has 1 unspecified atom stereocenters. The standard InChI is InChI=1S/C13H9Cl3O2S/c14-9-3-1-2-7(12(9)16)6-8(13(17)18)10-4-5-11(15)19-10/h1-5,8H,6H2,(H,17,18). The molecule has 6 heteroatoms. The number of hydrogen-bond donors (Lipinski definition) is 1. The van der Waals surface area contributed by atoms with Gasteiger partial charge in [0.05, 0.1) is 20.3 Å². The first-order valence-corrected chi connectivity index (χ1v) is 7.35. The number of carbonyl (C=O) groups is 1. The minimum atomic E-state index is -0.908. The van der Waals surface area contributed by atoms with Crippen molar-refractivity contribution in [2.24, 2.45) is 0 Å². The van der Waals surface area contributed by atoms with Crippen LogP contribution in [0, 0.1) is 0 Å². The van der Waals surface area contributed by atoms with E-state index in [4.69, 9.17) is 34.8 Å². The second-order valence-electron chi connectivity index (χ2n) is 3.95. The number of thiophene rings is 1. The van der Waals surface area contributed by atoms with Crippen LogP contribution < -0.4 is 0 Å². The summed E-state index contributed by atoms with van der Waals surface area (Å²) in [5, 5.41) is 10.2. The van der Waals surface area contributed by atoms with Gasteiger partial charge in [0.15, 0.2) is 0 Å². The fourth-order valence-electron chi connectivity index (χ4n) is 1.75. The van der Waals surface area contributed by atoms with Crippen LogP contribution in [0.2, 0.25) is 14.4 Å². The number of carboxylic acids is 1. The Kier molecular flexibility index (Phi) is 4.74. The molecule has 19 heavy (non-hydrogen) atoms. The second kappa shape index (κ2) is 6.14. The molecule has 0 saturated carbocycles. The van der Waals surface area contributed by atoms with Crippen LogP contribution in [0.1, 0.15) is 16.4 Å².